The largest absolute Gasteiger partial charge is 0.313 e. The van der Waals surface area contributed by atoms with Crippen LogP contribution in [0.3, 0.4) is 0 Å². The zero-order valence-electron chi connectivity index (χ0n) is 10.9. The molecule has 0 saturated carbocycles. The Balaban J connectivity index is 2.29. The molecule has 0 saturated heterocycles. The van der Waals surface area contributed by atoms with Gasteiger partial charge in [0.25, 0.3) is 0 Å². The summed E-state index contributed by atoms with van der Waals surface area (Å²) in [6, 6.07) is 10.4. The maximum atomic E-state index is 14.0. The summed E-state index contributed by atoms with van der Waals surface area (Å²) in [6.07, 6.45) is 0. The molecular formula is C15H14Cl2FNS. The third-order valence-corrected chi connectivity index (χ3v) is 4.61. The lowest BCUT2D eigenvalue weighted by molar-refractivity contribution is 0.591. The maximum absolute atomic E-state index is 14.0. The standard InChI is InChI=1S/C15H14Cl2FNS/c1-2-19-9-10-4-3-5-14(18)15(10)20-11-6-7-12(16)13(17)8-11/h3-8,19H,2,9H2,1H3. The molecule has 0 atom stereocenters. The molecule has 0 bridgehead atoms. The van der Waals surface area contributed by atoms with Gasteiger partial charge in [0.2, 0.25) is 0 Å². The minimum absolute atomic E-state index is 0.225. The Bertz CT molecular complexity index is 604. The van der Waals surface area contributed by atoms with Crippen LogP contribution in [0.2, 0.25) is 10.0 Å². The van der Waals surface area contributed by atoms with Gasteiger partial charge in [-0.05, 0) is 36.4 Å². The van der Waals surface area contributed by atoms with E-state index in [1.54, 1.807) is 18.2 Å². The van der Waals surface area contributed by atoms with Crippen molar-refractivity contribution in [3.05, 3.63) is 57.8 Å². The summed E-state index contributed by atoms with van der Waals surface area (Å²) in [5.74, 6) is -0.225. The SMILES string of the molecule is CCNCc1cccc(F)c1Sc1ccc(Cl)c(Cl)c1. The molecule has 0 aliphatic carbocycles. The van der Waals surface area contributed by atoms with Gasteiger partial charge in [-0.2, -0.15) is 0 Å². The van der Waals surface area contributed by atoms with Crippen molar-refractivity contribution in [2.45, 2.75) is 23.3 Å². The molecule has 20 heavy (non-hydrogen) atoms. The first-order chi connectivity index (χ1) is 9.61. The summed E-state index contributed by atoms with van der Waals surface area (Å²) in [5, 5.41) is 4.18. The number of hydrogen-bond acceptors (Lipinski definition) is 2. The fraction of sp³-hybridized carbons (Fsp3) is 0.200. The van der Waals surface area contributed by atoms with Crippen LogP contribution in [0.4, 0.5) is 4.39 Å². The average Bonchev–Trinajstić information content (AvgIpc) is 2.43. The third kappa shape index (κ3) is 3.89. The van der Waals surface area contributed by atoms with Crippen molar-refractivity contribution in [2.24, 2.45) is 0 Å². The summed E-state index contributed by atoms with van der Waals surface area (Å²) >= 11 is 13.2. The van der Waals surface area contributed by atoms with Crippen LogP contribution in [0.5, 0.6) is 0 Å². The lowest BCUT2D eigenvalue weighted by atomic mass is 10.2. The van der Waals surface area contributed by atoms with Crippen molar-refractivity contribution in [1.82, 2.24) is 5.32 Å². The van der Waals surface area contributed by atoms with Gasteiger partial charge in [0.15, 0.2) is 0 Å². The van der Waals surface area contributed by atoms with E-state index in [0.717, 1.165) is 17.0 Å². The summed E-state index contributed by atoms with van der Waals surface area (Å²) in [5.41, 5.74) is 0.933. The second-order valence-corrected chi connectivity index (χ2v) is 6.08. The molecule has 2 rings (SSSR count). The van der Waals surface area contributed by atoms with Gasteiger partial charge in [0, 0.05) is 11.4 Å². The molecule has 2 aromatic rings. The van der Waals surface area contributed by atoms with Crippen LogP contribution in [0.15, 0.2) is 46.2 Å². The van der Waals surface area contributed by atoms with Crippen molar-refractivity contribution < 1.29 is 4.39 Å². The summed E-state index contributed by atoms with van der Waals surface area (Å²) < 4.78 is 14.0. The molecule has 1 N–H and O–H groups in total. The Labute approximate surface area is 132 Å². The average molecular weight is 330 g/mol. The lowest BCUT2D eigenvalue weighted by Gasteiger charge is -2.11. The van der Waals surface area contributed by atoms with Gasteiger partial charge in [0.1, 0.15) is 5.82 Å². The number of halogens is 3. The molecule has 0 aliphatic rings. The summed E-state index contributed by atoms with van der Waals surface area (Å²) in [7, 11) is 0. The second-order valence-electron chi connectivity index (χ2n) is 4.19. The van der Waals surface area contributed by atoms with Gasteiger partial charge in [-0.15, -0.1) is 0 Å². The number of nitrogens with one attached hydrogen (secondary N) is 1. The molecule has 1 nitrogen and oxygen atoms in total. The molecule has 0 aromatic heterocycles. The monoisotopic (exact) mass is 329 g/mol. The molecule has 0 unspecified atom stereocenters. The van der Waals surface area contributed by atoms with E-state index in [-0.39, 0.29) is 5.82 Å². The maximum Gasteiger partial charge on any atom is 0.137 e. The van der Waals surface area contributed by atoms with Crippen molar-refractivity contribution in [3.63, 3.8) is 0 Å². The van der Waals surface area contributed by atoms with Crippen LogP contribution in [0, 0.1) is 5.82 Å². The zero-order valence-corrected chi connectivity index (χ0v) is 13.2. The highest BCUT2D eigenvalue weighted by Gasteiger charge is 2.11. The van der Waals surface area contributed by atoms with Crippen LogP contribution in [0.25, 0.3) is 0 Å². The Hall–Kier alpha value is -0.740. The predicted molar refractivity (Wildman–Crippen MR) is 84.4 cm³/mol. The van der Waals surface area contributed by atoms with E-state index in [0.29, 0.717) is 21.5 Å². The summed E-state index contributed by atoms with van der Waals surface area (Å²) in [6.45, 7) is 3.50. The molecular weight excluding hydrogens is 316 g/mol. The van der Waals surface area contributed by atoms with E-state index >= 15 is 0 Å². The molecule has 0 heterocycles. The molecule has 5 heteroatoms. The number of hydrogen-bond donors (Lipinski definition) is 1. The predicted octanol–water partition coefficient (Wildman–Crippen LogP) is 5.39. The molecule has 0 fully saturated rings. The van der Waals surface area contributed by atoms with Crippen molar-refractivity contribution in [1.29, 1.82) is 0 Å². The number of rotatable bonds is 5. The second kappa shape index (κ2) is 7.32. The third-order valence-electron chi connectivity index (χ3n) is 2.72. The highest BCUT2D eigenvalue weighted by molar-refractivity contribution is 7.99. The minimum atomic E-state index is -0.225. The Kier molecular flexibility index (Phi) is 5.73. The minimum Gasteiger partial charge on any atom is -0.313 e. The van der Waals surface area contributed by atoms with Gasteiger partial charge in [-0.1, -0.05) is 54.0 Å². The topological polar surface area (TPSA) is 12.0 Å². The molecule has 2 aromatic carbocycles. The van der Waals surface area contributed by atoms with Crippen LogP contribution >= 0.6 is 35.0 Å². The molecule has 106 valence electrons. The van der Waals surface area contributed by atoms with Crippen molar-refractivity contribution in [3.8, 4) is 0 Å². The smallest absolute Gasteiger partial charge is 0.137 e. The first kappa shape index (κ1) is 15.6. The lowest BCUT2D eigenvalue weighted by Crippen LogP contribution is -2.12. The van der Waals surface area contributed by atoms with E-state index < -0.39 is 0 Å². The Morgan fingerprint density at radius 1 is 1.15 bits per heavy atom. The van der Waals surface area contributed by atoms with Crippen LogP contribution in [0.1, 0.15) is 12.5 Å². The first-order valence-electron chi connectivity index (χ1n) is 6.23. The Morgan fingerprint density at radius 3 is 2.65 bits per heavy atom. The van der Waals surface area contributed by atoms with Gasteiger partial charge in [-0.3, -0.25) is 0 Å². The van der Waals surface area contributed by atoms with Gasteiger partial charge >= 0.3 is 0 Å². The molecule has 0 spiro atoms. The zero-order chi connectivity index (χ0) is 14.5. The van der Waals surface area contributed by atoms with Crippen molar-refractivity contribution >= 4 is 35.0 Å². The van der Waals surface area contributed by atoms with Crippen LogP contribution < -0.4 is 5.32 Å². The Morgan fingerprint density at radius 2 is 1.95 bits per heavy atom. The van der Waals surface area contributed by atoms with E-state index in [9.17, 15) is 4.39 Å². The van der Waals surface area contributed by atoms with E-state index in [1.165, 1.54) is 17.8 Å². The highest BCUT2D eigenvalue weighted by Crippen LogP contribution is 2.35. The van der Waals surface area contributed by atoms with E-state index in [1.807, 2.05) is 19.1 Å². The fourth-order valence-corrected chi connectivity index (χ4v) is 3.07. The van der Waals surface area contributed by atoms with E-state index in [2.05, 4.69) is 5.32 Å². The summed E-state index contributed by atoms with van der Waals surface area (Å²) in [4.78, 5) is 1.48. The van der Waals surface area contributed by atoms with Crippen LogP contribution in [-0.4, -0.2) is 6.54 Å². The quantitative estimate of drug-likeness (QED) is 0.788. The van der Waals surface area contributed by atoms with Gasteiger partial charge in [0.05, 0.1) is 14.9 Å². The van der Waals surface area contributed by atoms with E-state index in [4.69, 9.17) is 23.2 Å². The molecule has 0 amide bonds. The van der Waals surface area contributed by atoms with Gasteiger partial charge in [-0.25, -0.2) is 4.39 Å². The highest BCUT2D eigenvalue weighted by atomic mass is 35.5. The molecule has 0 radical (unpaired) electrons. The fourth-order valence-electron chi connectivity index (χ4n) is 1.72. The van der Waals surface area contributed by atoms with Crippen molar-refractivity contribution in [2.75, 3.05) is 6.54 Å². The molecule has 0 aliphatic heterocycles. The normalized spacial score (nSPS) is 10.8. The first-order valence-corrected chi connectivity index (χ1v) is 7.80. The van der Waals surface area contributed by atoms with Crippen LogP contribution in [-0.2, 0) is 6.54 Å². The van der Waals surface area contributed by atoms with Gasteiger partial charge < -0.3 is 5.32 Å². The number of benzene rings is 2.